The fraction of sp³-hybridized carbons (Fsp3) is 0.500. The van der Waals surface area contributed by atoms with Gasteiger partial charge in [-0.15, -0.1) is 0 Å². The highest BCUT2D eigenvalue weighted by Crippen LogP contribution is 2.33. The van der Waals surface area contributed by atoms with Crippen molar-refractivity contribution in [1.29, 1.82) is 0 Å². The van der Waals surface area contributed by atoms with Gasteiger partial charge in [0.2, 0.25) is 0 Å². The largest absolute Gasteiger partial charge is 0.465 e. The molecule has 0 spiro atoms. The maximum atomic E-state index is 11.8. The van der Waals surface area contributed by atoms with Gasteiger partial charge in [0.05, 0.1) is 12.7 Å². The van der Waals surface area contributed by atoms with Crippen LogP contribution in [0.1, 0.15) is 47.3 Å². The number of nitrogens with zero attached hydrogens (tertiary/aromatic N) is 1. The van der Waals surface area contributed by atoms with E-state index in [1.54, 1.807) is 0 Å². The molecule has 2 N–H and O–H groups in total. The summed E-state index contributed by atoms with van der Waals surface area (Å²) in [5, 5.41) is 1.23. The number of esters is 1. The van der Waals surface area contributed by atoms with Crippen LogP contribution < -0.4 is 5.73 Å². The van der Waals surface area contributed by atoms with Gasteiger partial charge in [0.25, 0.3) is 0 Å². The van der Waals surface area contributed by atoms with E-state index in [9.17, 15) is 4.79 Å². The van der Waals surface area contributed by atoms with Crippen molar-refractivity contribution in [2.24, 2.45) is 5.73 Å². The van der Waals surface area contributed by atoms with E-state index in [4.69, 9.17) is 10.5 Å². The Balaban J connectivity index is 2.07. The molecule has 0 saturated heterocycles. The average Bonchev–Trinajstić information content (AvgIpc) is 2.88. The Morgan fingerprint density at radius 3 is 2.86 bits per heavy atom. The molecule has 2 aromatic rings. The first kappa shape index (κ1) is 15.1. The van der Waals surface area contributed by atoms with Crippen LogP contribution in [0.15, 0.2) is 18.2 Å². The fourth-order valence-corrected chi connectivity index (χ4v) is 3.55. The van der Waals surface area contributed by atoms with Crippen LogP contribution in [0.2, 0.25) is 0 Å². The smallest absolute Gasteiger partial charge is 0.337 e. The molecule has 4 nitrogen and oxygen atoms in total. The van der Waals surface area contributed by atoms with Gasteiger partial charge in [0, 0.05) is 23.1 Å². The van der Waals surface area contributed by atoms with Crippen LogP contribution in [0.5, 0.6) is 0 Å². The number of methoxy groups -OCH3 is 1. The van der Waals surface area contributed by atoms with Gasteiger partial charge in [-0.3, -0.25) is 0 Å². The van der Waals surface area contributed by atoms with Crippen LogP contribution >= 0.6 is 0 Å². The molecule has 0 atom stereocenters. The van der Waals surface area contributed by atoms with Gasteiger partial charge in [0.1, 0.15) is 0 Å². The molecule has 1 aliphatic rings. The summed E-state index contributed by atoms with van der Waals surface area (Å²) in [5.41, 5.74) is 10.4. The Labute approximate surface area is 131 Å². The van der Waals surface area contributed by atoms with Gasteiger partial charge in [-0.05, 0) is 68.8 Å². The third kappa shape index (κ3) is 2.63. The topological polar surface area (TPSA) is 57.2 Å². The van der Waals surface area contributed by atoms with Gasteiger partial charge in [0.15, 0.2) is 0 Å². The van der Waals surface area contributed by atoms with Crippen molar-refractivity contribution >= 4 is 16.9 Å². The van der Waals surface area contributed by atoms with Crippen molar-refractivity contribution in [3.05, 3.63) is 35.0 Å². The highest BCUT2D eigenvalue weighted by molar-refractivity contribution is 5.96. The van der Waals surface area contributed by atoms with Gasteiger partial charge in [-0.2, -0.15) is 0 Å². The normalized spacial score (nSPS) is 14.1. The number of ether oxygens (including phenoxy) is 1. The van der Waals surface area contributed by atoms with E-state index < -0.39 is 0 Å². The molecule has 4 heteroatoms. The third-order valence-corrected chi connectivity index (χ3v) is 4.63. The number of hydrogen-bond donors (Lipinski definition) is 1. The lowest BCUT2D eigenvalue weighted by molar-refractivity contribution is 0.0601. The van der Waals surface area contributed by atoms with E-state index in [2.05, 4.69) is 10.6 Å². The number of carbonyl (C=O) groups excluding carboxylic acids is 1. The molecule has 1 aliphatic carbocycles. The first-order valence-electron chi connectivity index (χ1n) is 8.18. The molecular formula is C18H24N2O2. The summed E-state index contributed by atoms with van der Waals surface area (Å²) >= 11 is 0. The maximum absolute atomic E-state index is 11.8. The first-order valence-corrected chi connectivity index (χ1v) is 8.18. The summed E-state index contributed by atoms with van der Waals surface area (Å²) in [6.07, 6.45) is 6.89. The van der Waals surface area contributed by atoms with E-state index in [1.807, 2.05) is 12.1 Å². The minimum Gasteiger partial charge on any atom is -0.465 e. The van der Waals surface area contributed by atoms with E-state index in [1.165, 1.54) is 42.1 Å². The summed E-state index contributed by atoms with van der Waals surface area (Å²) in [6, 6.07) is 5.95. The maximum Gasteiger partial charge on any atom is 0.337 e. The molecule has 3 rings (SSSR count). The number of nitrogens with two attached hydrogens (primary N) is 1. The van der Waals surface area contributed by atoms with Gasteiger partial charge >= 0.3 is 5.97 Å². The number of unbranched alkanes of at least 4 members (excludes halogenated alkanes) is 1. The number of carbonyl (C=O) groups is 1. The van der Waals surface area contributed by atoms with Crippen LogP contribution in [-0.4, -0.2) is 24.2 Å². The molecule has 0 aliphatic heterocycles. The second kappa shape index (κ2) is 6.53. The van der Waals surface area contributed by atoms with Gasteiger partial charge in [-0.25, -0.2) is 4.79 Å². The second-order valence-electron chi connectivity index (χ2n) is 6.00. The van der Waals surface area contributed by atoms with E-state index >= 15 is 0 Å². The first-order chi connectivity index (χ1) is 10.8. The van der Waals surface area contributed by atoms with Crippen LogP contribution in [0.25, 0.3) is 10.9 Å². The van der Waals surface area contributed by atoms with Crippen LogP contribution in [-0.2, 0) is 24.1 Å². The zero-order valence-corrected chi connectivity index (χ0v) is 13.2. The summed E-state index contributed by atoms with van der Waals surface area (Å²) < 4.78 is 7.30. The number of aromatic nitrogens is 1. The molecule has 0 fully saturated rings. The molecule has 0 unspecified atom stereocenters. The molecular weight excluding hydrogens is 276 g/mol. The molecule has 0 saturated carbocycles. The molecule has 0 bridgehead atoms. The lowest BCUT2D eigenvalue weighted by Gasteiger charge is -2.15. The summed E-state index contributed by atoms with van der Waals surface area (Å²) in [6.45, 7) is 1.76. The van der Waals surface area contributed by atoms with E-state index in [-0.39, 0.29) is 5.97 Å². The Hall–Kier alpha value is -1.81. The molecule has 1 heterocycles. The quantitative estimate of drug-likeness (QED) is 0.682. The Kier molecular flexibility index (Phi) is 4.48. The van der Waals surface area contributed by atoms with Crippen molar-refractivity contribution < 1.29 is 9.53 Å². The Morgan fingerprint density at radius 2 is 2.09 bits per heavy atom. The Bertz CT molecular complexity index is 688. The lowest BCUT2D eigenvalue weighted by atomic mass is 9.95. The molecule has 0 radical (unpaired) electrons. The van der Waals surface area contributed by atoms with Crippen molar-refractivity contribution in [2.75, 3.05) is 13.7 Å². The highest BCUT2D eigenvalue weighted by atomic mass is 16.5. The summed E-state index contributed by atoms with van der Waals surface area (Å²) in [4.78, 5) is 11.8. The predicted molar refractivity (Wildman–Crippen MR) is 88.2 cm³/mol. The van der Waals surface area contributed by atoms with Crippen LogP contribution in [0.3, 0.4) is 0 Å². The van der Waals surface area contributed by atoms with Crippen molar-refractivity contribution in [3.63, 3.8) is 0 Å². The number of hydrogen-bond acceptors (Lipinski definition) is 3. The highest BCUT2D eigenvalue weighted by Gasteiger charge is 2.20. The van der Waals surface area contributed by atoms with Crippen molar-refractivity contribution in [2.45, 2.75) is 45.1 Å². The zero-order chi connectivity index (χ0) is 15.5. The monoisotopic (exact) mass is 300 g/mol. The minimum atomic E-state index is -0.262. The predicted octanol–water partition coefficient (Wildman–Crippen LogP) is 3.05. The van der Waals surface area contributed by atoms with Gasteiger partial charge in [-0.1, -0.05) is 0 Å². The zero-order valence-electron chi connectivity index (χ0n) is 13.2. The van der Waals surface area contributed by atoms with Gasteiger partial charge < -0.3 is 15.0 Å². The summed E-state index contributed by atoms with van der Waals surface area (Å²) in [5.74, 6) is -0.262. The molecule has 0 amide bonds. The molecule has 118 valence electrons. The molecule has 22 heavy (non-hydrogen) atoms. The van der Waals surface area contributed by atoms with Crippen molar-refractivity contribution in [1.82, 2.24) is 4.57 Å². The summed E-state index contributed by atoms with van der Waals surface area (Å²) in [7, 11) is 1.43. The number of aryl methyl sites for hydroxylation is 2. The fourth-order valence-electron chi connectivity index (χ4n) is 3.55. The second-order valence-corrected chi connectivity index (χ2v) is 6.00. The number of benzene rings is 1. The van der Waals surface area contributed by atoms with Crippen LogP contribution in [0.4, 0.5) is 0 Å². The third-order valence-electron chi connectivity index (χ3n) is 4.63. The van der Waals surface area contributed by atoms with E-state index in [0.717, 1.165) is 38.8 Å². The minimum absolute atomic E-state index is 0.262. The van der Waals surface area contributed by atoms with E-state index in [0.29, 0.717) is 5.56 Å². The number of rotatable bonds is 5. The standard InChI is InChI=1S/C18H24N2O2/c1-22-18(21)13-8-9-17-15(12-13)14-6-2-3-7-16(14)20(17)11-5-4-10-19/h8-9,12H,2-7,10-11,19H2,1H3. The van der Waals surface area contributed by atoms with Crippen LogP contribution in [0, 0.1) is 0 Å². The SMILES string of the molecule is COC(=O)c1ccc2c(c1)c1c(n2CCCCN)CCCC1. The van der Waals surface area contributed by atoms with Crippen molar-refractivity contribution in [3.8, 4) is 0 Å². The lowest BCUT2D eigenvalue weighted by Crippen LogP contribution is -2.09. The number of fused-ring (bicyclic) bond motifs is 3. The average molecular weight is 300 g/mol. The molecule has 1 aromatic carbocycles. The Morgan fingerprint density at radius 1 is 1.27 bits per heavy atom. The molecule has 1 aromatic heterocycles.